The molecular weight excluding hydrogens is 406 g/mol. The normalized spacial score (nSPS) is 18.1. The molecule has 9 nitrogen and oxygen atoms in total. The van der Waals surface area contributed by atoms with Gasteiger partial charge in [-0.05, 0) is 31.7 Å². The number of hydrogen-bond donors (Lipinski definition) is 3. The van der Waals surface area contributed by atoms with E-state index in [1.807, 2.05) is 6.92 Å². The number of nitrogens with two attached hydrogens (primary N) is 1. The van der Waals surface area contributed by atoms with Crippen LogP contribution in [0, 0.1) is 0 Å². The van der Waals surface area contributed by atoms with Crippen LogP contribution in [-0.4, -0.2) is 86.5 Å². The summed E-state index contributed by atoms with van der Waals surface area (Å²) in [5, 5.41) is 6.34. The molecule has 0 radical (unpaired) electrons. The molecule has 2 aliphatic rings. The molecule has 1 saturated heterocycles. The Morgan fingerprint density at radius 3 is 2.60 bits per heavy atom. The van der Waals surface area contributed by atoms with Gasteiger partial charge in [-0.3, -0.25) is 24.2 Å². The highest BCUT2D eigenvalue weighted by atomic mass is 32.1. The molecule has 2 heterocycles. The lowest BCUT2D eigenvalue weighted by atomic mass is 10.1. The molecule has 0 unspecified atom stereocenters. The van der Waals surface area contributed by atoms with Crippen molar-refractivity contribution in [3.63, 3.8) is 0 Å². The van der Waals surface area contributed by atoms with Crippen LogP contribution in [0.25, 0.3) is 0 Å². The van der Waals surface area contributed by atoms with Crippen molar-refractivity contribution in [2.75, 3.05) is 58.3 Å². The molecule has 1 atom stereocenters. The first kappa shape index (κ1) is 22.7. The van der Waals surface area contributed by atoms with Crippen molar-refractivity contribution < 1.29 is 19.1 Å². The molecule has 1 fully saturated rings. The number of piperazine rings is 1. The molecule has 0 aromatic carbocycles. The van der Waals surface area contributed by atoms with Crippen LogP contribution in [0.4, 0.5) is 5.00 Å². The van der Waals surface area contributed by atoms with E-state index < -0.39 is 5.91 Å². The predicted octanol–water partition coefficient (Wildman–Crippen LogP) is 0.0429. The molecule has 1 aromatic rings. The second-order valence-corrected chi connectivity index (χ2v) is 8.85. The predicted molar refractivity (Wildman–Crippen MR) is 116 cm³/mol. The van der Waals surface area contributed by atoms with E-state index in [4.69, 9.17) is 10.5 Å². The summed E-state index contributed by atoms with van der Waals surface area (Å²) in [6, 6.07) is -0.333. The van der Waals surface area contributed by atoms with E-state index in [-0.39, 0.29) is 17.9 Å². The number of methoxy groups -OCH3 is 1. The molecule has 0 saturated carbocycles. The van der Waals surface area contributed by atoms with Crippen molar-refractivity contribution in [2.24, 2.45) is 5.73 Å². The SMILES string of the molecule is COCCNC(=O)CN1CCN([C@@H](C)C(=O)Nc2sc3c(c2C(N)=O)CCC3)CC1. The number of thiophene rings is 1. The van der Waals surface area contributed by atoms with Crippen molar-refractivity contribution in [3.05, 3.63) is 16.0 Å². The monoisotopic (exact) mass is 437 g/mol. The zero-order valence-corrected chi connectivity index (χ0v) is 18.5. The third-order valence-corrected chi connectivity index (χ3v) is 6.94. The van der Waals surface area contributed by atoms with Crippen molar-refractivity contribution >= 4 is 34.1 Å². The fourth-order valence-corrected chi connectivity index (χ4v) is 5.29. The van der Waals surface area contributed by atoms with Crippen LogP contribution in [0.1, 0.15) is 34.1 Å². The van der Waals surface area contributed by atoms with Crippen LogP contribution >= 0.6 is 11.3 Å². The highest BCUT2D eigenvalue weighted by Gasteiger charge is 2.30. The van der Waals surface area contributed by atoms with Gasteiger partial charge in [0.05, 0.1) is 24.8 Å². The van der Waals surface area contributed by atoms with Crippen LogP contribution in [-0.2, 0) is 27.2 Å². The lowest BCUT2D eigenvalue weighted by Gasteiger charge is -2.37. The summed E-state index contributed by atoms with van der Waals surface area (Å²) in [4.78, 5) is 42.0. The number of carbonyl (C=O) groups excluding carboxylic acids is 3. The molecule has 166 valence electrons. The van der Waals surface area contributed by atoms with E-state index >= 15 is 0 Å². The minimum atomic E-state index is -0.477. The quantitative estimate of drug-likeness (QED) is 0.470. The average Bonchev–Trinajstić information content (AvgIpc) is 3.28. The molecule has 1 aliphatic heterocycles. The maximum absolute atomic E-state index is 12.8. The Kier molecular flexibility index (Phi) is 7.81. The summed E-state index contributed by atoms with van der Waals surface area (Å²) < 4.78 is 4.93. The van der Waals surface area contributed by atoms with E-state index in [2.05, 4.69) is 20.4 Å². The number of anilines is 1. The molecular formula is C20H31N5O4S. The highest BCUT2D eigenvalue weighted by molar-refractivity contribution is 7.17. The van der Waals surface area contributed by atoms with Crippen LogP contribution in [0.3, 0.4) is 0 Å². The fraction of sp³-hybridized carbons (Fsp3) is 0.650. The largest absolute Gasteiger partial charge is 0.383 e. The average molecular weight is 438 g/mol. The summed E-state index contributed by atoms with van der Waals surface area (Å²) >= 11 is 1.47. The Bertz CT molecular complexity index is 788. The molecule has 3 amide bonds. The minimum absolute atomic E-state index is 0.0176. The smallest absolute Gasteiger partial charge is 0.251 e. The van der Waals surface area contributed by atoms with E-state index in [0.29, 0.717) is 43.4 Å². The number of rotatable bonds is 9. The molecule has 10 heteroatoms. The Labute approximate surface area is 180 Å². The summed E-state index contributed by atoms with van der Waals surface area (Å²) in [6.45, 7) is 6.05. The Hall–Kier alpha value is -2.01. The second-order valence-electron chi connectivity index (χ2n) is 7.75. The van der Waals surface area contributed by atoms with Crippen molar-refractivity contribution in [2.45, 2.75) is 32.2 Å². The Balaban J connectivity index is 1.50. The number of primary amides is 1. The van der Waals surface area contributed by atoms with Gasteiger partial charge in [0.1, 0.15) is 5.00 Å². The van der Waals surface area contributed by atoms with Crippen LogP contribution in [0.5, 0.6) is 0 Å². The topological polar surface area (TPSA) is 117 Å². The first-order chi connectivity index (χ1) is 14.4. The first-order valence-corrected chi connectivity index (χ1v) is 11.2. The van der Waals surface area contributed by atoms with Gasteiger partial charge in [-0.2, -0.15) is 0 Å². The zero-order chi connectivity index (χ0) is 21.7. The third-order valence-electron chi connectivity index (χ3n) is 5.73. The van der Waals surface area contributed by atoms with E-state index in [1.54, 1.807) is 7.11 Å². The number of carbonyl (C=O) groups is 3. The summed E-state index contributed by atoms with van der Waals surface area (Å²) in [5.41, 5.74) is 7.07. The Morgan fingerprint density at radius 1 is 1.20 bits per heavy atom. The van der Waals surface area contributed by atoms with Gasteiger partial charge in [0.25, 0.3) is 5.91 Å². The molecule has 3 rings (SSSR count). The summed E-state index contributed by atoms with van der Waals surface area (Å²) in [5.74, 6) is -0.631. The number of fused-ring (bicyclic) bond motifs is 1. The standard InChI is InChI=1S/C20H31N5O4S/c1-13(25-9-7-24(8-10-25)12-16(26)22-6-11-29-2)19(28)23-20-17(18(21)27)14-4-3-5-15(14)30-20/h13H,3-12H2,1-2H3,(H2,21,27)(H,22,26)(H,23,28)/t13-/m0/s1. The molecule has 30 heavy (non-hydrogen) atoms. The van der Waals surface area contributed by atoms with Crippen molar-refractivity contribution in [1.29, 1.82) is 0 Å². The molecule has 1 aliphatic carbocycles. The van der Waals surface area contributed by atoms with Gasteiger partial charge in [-0.25, -0.2) is 0 Å². The number of ether oxygens (including phenoxy) is 1. The highest BCUT2D eigenvalue weighted by Crippen LogP contribution is 2.38. The van der Waals surface area contributed by atoms with Crippen molar-refractivity contribution in [1.82, 2.24) is 15.1 Å². The van der Waals surface area contributed by atoms with Crippen LogP contribution < -0.4 is 16.4 Å². The summed E-state index contributed by atoms with van der Waals surface area (Å²) in [7, 11) is 1.60. The van der Waals surface area contributed by atoms with Crippen molar-refractivity contribution in [3.8, 4) is 0 Å². The fourth-order valence-electron chi connectivity index (χ4n) is 4.00. The maximum Gasteiger partial charge on any atom is 0.251 e. The number of nitrogens with zero attached hydrogens (tertiary/aromatic N) is 2. The maximum atomic E-state index is 12.8. The van der Waals surface area contributed by atoms with E-state index in [0.717, 1.165) is 42.8 Å². The van der Waals surface area contributed by atoms with Gasteiger partial charge >= 0.3 is 0 Å². The van der Waals surface area contributed by atoms with Crippen LogP contribution in [0.15, 0.2) is 0 Å². The van der Waals surface area contributed by atoms with Gasteiger partial charge in [0, 0.05) is 44.7 Å². The lowest BCUT2D eigenvalue weighted by Crippen LogP contribution is -2.54. The summed E-state index contributed by atoms with van der Waals surface area (Å²) in [6.07, 6.45) is 2.81. The number of amides is 3. The molecule has 4 N–H and O–H groups in total. The number of hydrogen-bond acceptors (Lipinski definition) is 7. The van der Waals surface area contributed by atoms with Crippen LogP contribution in [0.2, 0.25) is 0 Å². The van der Waals surface area contributed by atoms with Gasteiger partial charge in [-0.1, -0.05) is 0 Å². The molecule has 0 bridgehead atoms. The van der Waals surface area contributed by atoms with E-state index in [1.165, 1.54) is 11.3 Å². The van der Waals surface area contributed by atoms with Gasteiger partial charge < -0.3 is 21.1 Å². The minimum Gasteiger partial charge on any atom is -0.383 e. The van der Waals surface area contributed by atoms with Gasteiger partial charge in [-0.15, -0.1) is 11.3 Å². The molecule has 0 spiro atoms. The number of nitrogens with one attached hydrogen (secondary N) is 2. The Morgan fingerprint density at radius 2 is 1.93 bits per heavy atom. The second kappa shape index (κ2) is 10.3. The number of aryl methyl sites for hydroxylation is 1. The first-order valence-electron chi connectivity index (χ1n) is 10.4. The van der Waals surface area contributed by atoms with Gasteiger partial charge in [0.15, 0.2) is 0 Å². The molecule has 1 aromatic heterocycles. The van der Waals surface area contributed by atoms with E-state index in [9.17, 15) is 14.4 Å². The third kappa shape index (κ3) is 5.37. The lowest BCUT2D eigenvalue weighted by molar-refractivity contribution is -0.124. The zero-order valence-electron chi connectivity index (χ0n) is 17.7. The van der Waals surface area contributed by atoms with Gasteiger partial charge in [0.2, 0.25) is 11.8 Å².